The molecule has 0 radical (unpaired) electrons. The maximum absolute atomic E-state index is 5.80. The van der Waals surface area contributed by atoms with Crippen molar-refractivity contribution in [3.05, 3.63) is 34.9 Å². The van der Waals surface area contributed by atoms with Gasteiger partial charge in [-0.15, -0.1) is 0 Å². The van der Waals surface area contributed by atoms with Crippen molar-refractivity contribution in [3.63, 3.8) is 0 Å². The van der Waals surface area contributed by atoms with Crippen LogP contribution in [0.1, 0.15) is 5.56 Å². The fourth-order valence-corrected chi connectivity index (χ4v) is 1.44. The highest BCUT2D eigenvalue weighted by atomic mass is 35.5. The average molecular weight is 239 g/mol. The Morgan fingerprint density at radius 1 is 1.31 bits per heavy atom. The minimum atomic E-state index is 0.0676. The van der Waals surface area contributed by atoms with E-state index in [4.69, 9.17) is 21.8 Å². The summed E-state index contributed by atoms with van der Waals surface area (Å²) in [5, 5.41) is 8.10. The predicted octanol–water partition coefficient (Wildman–Crippen LogP) is 1.94. The quantitative estimate of drug-likeness (QED) is 0.885. The van der Waals surface area contributed by atoms with Crippen molar-refractivity contribution in [2.45, 2.75) is 6.54 Å². The van der Waals surface area contributed by atoms with E-state index in [1.54, 1.807) is 0 Å². The van der Waals surface area contributed by atoms with Crippen molar-refractivity contribution < 1.29 is 4.42 Å². The van der Waals surface area contributed by atoms with E-state index < -0.39 is 0 Å². The van der Waals surface area contributed by atoms with Crippen molar-refractivity contribution in [1.82, 2.24) is 10.2 Å². The Kier molecular flexibility index (Phi) is 2.96. The standard InChI is InChI=1S/C10H11ClN4O/c1-15(10-14-13-9(12)16-10)6-7-2-4-8(11)5-3-7/h2-5H,6H2,1H3,(H2,12,13). The van der Waals surface area contributed by atoms with Gasteiger partial charge in [-0.05, 0) is 17.7 Å². The van der Waals surface area contributed by atoms with Gasteiger partial charge >= 0.3 is 12.0 Å². The second-order valence-electron chi connectivity index (χ2n) is 3.41. The summed E-state index contributed by atoms with van der Waals surface area (Å²) in [7, 11) is 1.85. The van der Waals surface area contributed by atoms with Gasteiger partial charge in [0, 0.05) is 18.6 Å². The third kappa shape index (κ3) is 2.43. The molecule has 0 spiro atoms. The number of nitrogen functional groups attached to an aromatic ring is 1. The fraction of sp³-hybridized carbons (Fsp3) is 0.200. The smallest absolute Gasteiger partial charge is 0.319 e. The van der Waals surface area contributed by atoms with E-state index >= 15 is 0 Å². The second-order valence-corrected chi connectivity index (χ2v) is 3.84. The first-order chi connectivity index (χ1) is 7.65. The van der Waals surface area contributed by atoms with Crippen LogP contribution in [0.15, 0.2) is 28.7 Å². The molecule has 0 fully saturated rings. The van der Waals surface area contributed by atoms with Gasteiger partial charge in [0.2, 0.25) is 0 Å². The summed E-state index contributed by atoms with van der Waals surface area (Å²) < 4.78 is 5.10. The van der Waals surface area contributed by atoms with Crippen LogP contribution in [0.5, 0.6) is 0 Å². The van der Waals surface area contributed by atoms with Crippen LogP contribution in [0.2, 0.25) is 5.02 Å². The summed E-state index contributed by atoms with van der Waals surface area (Å²) in [5.74, 6) is 0. The van der Waals surface area contributed by atoms with Crippen molar-refractivity contribution in [2.75, 3.05) is 17.7 Å². The van der Waals surface area contributed by atoms with E-state index in [9.17, 15) is 0 Å². The SMILES string of the molecule is CN(Cc1ccc(Cl)cc1)c1nnc(N)o1. The molecule has 0 aliphatic carbocycles. The zero-order chi connectivity index (χ0) is 11.5. The lowest BCUT2D eigenvalue weighted by atomic mass is 10.2. The maximum atomic E-state index is 5.80. The van der Waals surface area contributed by atoms with Crippen LogP contribution < -0.4 is 10.6 Å². The average Bonchev–Trinajstić information content (AvgIpc) is 2.68. The van der Waals surface area contributed by atoms with Crippen LogP contribution in [0.3, 0.4) is 0 Å². The van der Waals surface area contributed by atoms with Crippen molar-refractivity contribution in [3.8, 4) is 0 Å². The molecule has 2 N–H and O–H groups in total. The van der Waals surface area contributed by atoms with Crippen molar-refractivity contribution >= 4 is 23.6 Å². The molecule has 1 aromatic heterocycles. The Bertz CT molecular complexity index is 468. The van der Waals surface area contributed by atoms with Crippen LogP contribution in [-0.2, 0) is 6.54 Å². The molecule has 0 saturated carbocycles. The predicted molar refractivity (Wildman–Crippen MR) is 62.3 cm³/mol. The number of rotatable bonds is 3. The summed E-state index contributed by atoms with van der Waals surface area (Å²) in [6.45, 7) is 0.652. The normalized spacial score (nSPS) is 10.4. The molecule has 84 valence electrons. The first kappa shape index (κ1) is 10.8. The van der Waals surface area contributed by atoms with Gasteiger partial charge in [-0.25, -0.2) is 0 Å². The van der Waals surface area contributed by atoms with Gasteiger partial charge in [0.25, 0.3) is 0 Å². The number of anilines is 2. The molecule has 2 aromatic rings. The largest absolute Gasteiger partial charge is 0.390 e. The zero-order valence-corrected chi connectivity index (χ0v) is 9.48. The number of benzene rings is 1. The summed E-state index contributed by atoms with van der Waals surface area (Å²) in [6.07, 6.45) is 0. The molecule has 0 amide bonds. The van der Waals surface area contributed by atoms with Gasteiger partial charge < -0.3 is 15.1 Å². The first-order valence-electron chi connectivity index (χ1n) is 4.70. The lowest BCUT2D eigenvalue weighted by Gasteiger charge is -2.13. The highest BCUT2D eigenvalue weighted by Crippen LogP contribution is 2.16. The van der Waals surface area contributed by atoms with E-state index in [2.05, 4.69) is 10.2 Å². The van der Waals surface area contributed by atoms with Gasteiger partial charge in [0.15, 0.2) is 0 Å². The van der Waals surface area contributed by atoms with E-state index in [0.717, 1.165) is 5.56 Å². The van der Waals surface area contributed by atoms with Gasteiger partial charge in [0.05, 0.1) is 0 Å². The minimum absolute atomic E-state index is 0.0676. The molecule has 2 rings (SSSR count). The fourth-order valence-electron chi connectivity index (χ4n) is 1.31. The van der Waals surface area contributed by atoms with E-state index in [1.807, 2.05) is 36.2 Å². The van der Waals surface area contributed by atoms with Crippen molar-refractivity contribution in [2.24, 2.45) is 0 Å². The molecule has 0 saturated heterocycles. The van der Waals surface area contributed by atoms with Crippen molar-refractivity contribution in [1.29, 1.82) is 0 Å². The number of hydrogen-bond donors (Lipinski definition) is 1. The molecule has 0 bridgehead atoms. The Balaban J connectivity index is 2.07. The third-order valence-corrected chi connectivity index (χ3v) is 2.34. The molecule has 16 heavy (non-hydrogen) atoms. The molecule has 1 aromatic carbocycles. The molecule has 0 unspecified atom stereocenters. The van der Waals surface area contributed by atoms with Crippen LogP contribution in [0.25, 0.3) is 0 Å². The van der Waals surface area contributed by atoms with E-state index in [1.165, 1.54) is 0 Å². The highest BCUT2D eigenvalue weighted by Gasteiger charge is 2.08. The first-order valence-corrected chi connectivity index (χ1v) is 5.07. The summed E-state index contributed by atoms with van der Waals surface area (Å²) >= 11 is 5.80. The Morgan fingerprint density at radius 2 is 2.00 bits per heavy atom. The Hall–Kier alpha value is -1.75. The summed E-state index contributed by atoms with van der Waals surface area (Å²) in [5.41, 5.74) is 6.45. The summed E-state index contributed by atoms with van der Waals surface area (Å²) in [4.78, 5) is 1.81. The minimum Gasteiger partial charge on any atom is -0.390 e. The van der Waals surface area contributed by atoms with Gasteiger partial charge in [-0.2, -0.15) is 0 Å². The summed E-state index contributed by atoms with van der Waals surface area (Å²) in [6, 6.07) is 8.03. The lowest BCUT2D eigenvalue weighted by Crippen LogP contribution is -2.16. The number of nitrogens with zero attached hydrogens (tertiary/aromatic N) is 3. The molecule has 1 heterocycles. The van der Waals surface area contributed by atoms with Crippen LogP contribution in [0.4, 0.5) is 12.0 Å². The number of nitrogens with two attached hydrogens (primary N) is 1. The van der Waals surface area contributed by atoms with Crippen LogP contribution >= 0.6 is 11.6 Å². The maximum Gasteiger partial charge on any atom is 0.319 e. The Morgan fingerprint density at radius 3 is 2.56 bits per heavy atom. The monoisotopic (exact) mass is 238 g/mol. The molecule has 0 atom stereocenters. The lowest BCUT2D eigenvalue weighted by molar-refractivity contribution is 0.559. The van der Waals surface area contributed by atoms with Gasteiger partial charge in [-0.3, -0.25) is 0 Å². The third-order valence-electron chi connectivity index (χ3n) is 2.09. The second kappa shape index (κ2) is 4.40. The molecule has 0 aliphatic heterocycles. The van der Waals surface area contributed by atoms with E-state index in [-0.39, 0.29) is 6.01 Å². The molecular formula is C10H11ClN4O. The topological polar surface area (TPSA) is 68.2 Å². The van der Waals surface area contributed by atoms with Gasteiger partial charge in [0.1, 0.15) is 0 Å². The Labute approximate surface area is 97.8 Å². The van der Waals surface area contributed by atoms with Crippen LogP contribution in [0, 0.1) is 0 Å². The number of hydrogen-bond acceptors (Lipinski definition) is 5. The molecule has 0 aliphatic rings. The number of halogens is 1. The molecular weight excluding hydrogens is 228 g/mol. The van der Waals surface area contributed by atoms with E-state index in [0.29, 0.717) is 17.6 Å². The molecule has 5 nitrogen and oxygen atoms in total. The molecule has 6 heteroatoms. The highest BCUT2D eigenvalue weighted by molar-refractivity contribution is 6.30. The number of aromatic nitrogens is 2. The van der Waals surface area contributed by atoms with Crippen LogP contribution in [-0.4, -0.2) is 17.2 Å². The zero-order valence-electron chi connectivity index (χ0n) is 8.72. The van der Waals surface area contributed by atoms with Gasteiger partial charge in [-0.1, -0.05) is 33.9 Å².